The fourth-order valence-electron chi connectivity index (χ4n) is 3.92. The summed E-state index contributed by atoms with van der Waals surface area (Å²) >= 11 is 0. The third-order valence-corrected chi connectivity index (χ3v) is 5.90. The van der Waals surface area contributed by atoms with Crippen molar-refractivity contribution in [1.29, 1.82) is 0 Å². The van der Waals surface area contributed by atoms with Gasteiger partial charge >= 0.3 is 0 Å². The first kappa shape index (κ1) is 27.4. The van der Waals surface area contributed by atoms with Gasteiger partial charge in [-0.2, -0.15) is 0 Å². The molecule has 5 nitrogen and oxygen atoms in total. The maximum Gasteiger partial charge on any atom is 0.246 e. The van der Waals surface area contributed by atoms with E-state index in [9.17, 15) is 9.59 Å². The van der Waals surface area contributed by atoms with Crippen LogP contribution in [0.5, 0.6) is 0 Å². The van der Waals surface area contributed by atoms with E-state index in [0.717, 1.165) is 25.0 Å². The second-order valence-corrected chi connectivity index (χ2v) is 8.98. The largest absolute Gasteiger partial charge is 0.289 e. The lowest BCUT2D eigenvalue weighted by Gasteiger charge is -2.23. The third kappa shape index (κ3) is 14.1. The molecule has 5 heteroatoms. The van der Waals surface area contributed by atoms with Crippen molar-refractivity contribution in [3.63, 3.8) is 0 Å². The van der Waals surface area contributed by atoms with Gasteiger partial charge in [0.1, 0.15) is 0 Å². The molecule has 0 aliphatic carbocycles. The Morgan fingerprint density at radius 2 is 1.55 bits per heavy atom. The molecule has 0 saturated carbocycles. The molecule has 2 amide bonds. The molecule has 178 valence electrons. The maximum atomic E-state index is 12.3. The first-order chi connectivity index (χ1) is 15.1. The molecule has 1 unspecified atom stereocenters. The summed E-state index contributed by atoms with van der Waals surface area (Å²) < 4.78 is 0. The zero-order chi connectivity index (χ0) is 22.7. The van der Waals surface area contributed by atoms with Crippen molar-refractivity contribution in [1.82, 2.24) is 10.4 Å². The Hall–Kier alpha value is -1.65. The summed E-state index contributed by atoms with van der Waals surface area (Å²) in [5.74, 6) is -0.115. The Morgan fingerprint density at radius 1 is 0.968 bits per heavy atom. The van der Waals surface area contributed by atoms with E-state index in [-0.39, 0.29) is 17.9 Å². The number of allylic oxidation sites excluding steroid dienone is 2. The number of unbranched alkanes of at least 4 members (excludes halogenated alkanes) is 11. The molecule has 0 aromatic rings. The van der Waals surface area contributed by atoms with Gasteiger partial charge in [0.2, 0.25) is 11.8 Å². The zero-order valence-electron chi connectivity index (χ0n) is 20.5. The fourth-order valence-corrected chi connectivity index (χ4v) is 3.92. The summed E-state index contributed by atoms with van der Waals surface area (Å²) in [7, 11) is 0. The molecular formula is C26H47N3O2. The van der Waals surface area contributed by atoms with Crippen LogP contribution in [0.1, 0.15) is 124 Å². The average molecular weight is 434 g/mol. The van der Waals surface area contributed by atoms with E-state index in [1.165, 1.54) is 75.6 Å². The standard InChI is InChI=1S/C26H47N3O2/c1-4-6-7-8-9-10-11-12-13-14-15-16-17-18-19-20-25(30)28-29-22-24(5-2)27-23(3)21-26(29)31/h12-13,24H,4-11,14-22H2,1-3H3,(H,28,30). The minimum atomic E-state index is -0.0601. The number of carbonyl (C=O) groups excluding carboxylic acids is 2. The lowest BCUT2D eigenvalue weighted by Crippen LogP contribution is -2.48. The first-order valence-electron chi connectivity index (χ1n) is 12.8. The van der Waals surface area contributed by atoms with Crippen molar-refractivity contribution in [2.24, 2.45) is 4.99 Å². The highest BCUT2D eigenvalue weighted by Crippen LogP contribution is 2.11. The summed E-state index contributed by atoms with van der Waals surface area (Å²) in [5.41, 5.74) is 3.66. The predicted molar refractivity (Wildman–Crippen MR) is 131 cm³/mol. The minimum Gasteiger partial charge on any atom is -0.289 e. The van der Waals surface area contributed by atoms with Gasteiger partial charge in [0, 0.05) is 12.1 Å². The average Bonchev–Trinajstić information content (AvgIpc) is 2.88. The van der Waals surface area contributed by atoms with Crippen molar-refractivity contribution in [2.75, 3.05) is 6.54 Å². The van der Waals surface area contributed by atoms with Crippen LogP contribution < -0.4 is 5.43 Å². The van der Waals surface area contributed by atoms with E-state index < -0.39 is 0 Å². The highest BCUT2D eigenvalue weighted by molar-refractivity contribution is 6.00. The SMILES string of the molecule is CCCCCCCCC=CCCCCCCCC(=O)NN1CC(CC)N=C(C)CC1=O. The molecule has 0 saturated heterocycles. The van der Waals surface area contributed by atoms with E-state index in [1.807, 2.05) is 6.92 Å². The number of carbonyl (C=O) groups is 2. The molecule has 0 aromatic heterocycles. The lowest BCUT2D eigenvalue weighted by atomic mass is 10.1. The molecule has 1 heterocycles. The minimum absolute atomic E-state index is 0.0552. The Bertz CT molecular complexity index is 557. The Labute approximate surface area is 191 Å². The second-order valence-electron chi connectivity index (χ2n) is 8.98. The number of nitrogens with zero attached hydrogens (tertiary/aromatic N) is 2. The highest BCUT2D eigenvalue weighted by Gasteiger charge is 2.23. The molecule has 0 spiro atoms. The molecule has 0 aromatic carbocycles. The molecule has 1 N–H and O–H groups in total. The van der Waals surface area contributed by atoms with E-state index >= 15 is 0 Å². The summed E-state index contributed by atoms with van der Waals surface area (Å²) in [5, 5.41) is 1.48. The fraction of sp³-hybridized carbons (Fsp3) is 0.808. The number of aliphatic imine (C=N–C) groups is 1. The van der Waals surface area contributed by atoms with Gasteiger partial charge < -0.3 is 0 Å². The summed E-state index contributed by atoms with van der Waals surface area (Å²) in [4.78, 5) is 29.0. The summed E-state index contributed by atoms with van der Waals surface area (Å²) in [6, 6.07) is 0.0756. The molecule has 1 rings (SSSR count). The van der Waals surface area contributed by atoms with Crippen LogP contribution in [0.4, 0.5) is 0 Å². The molecule has 1 atom stereocenters. The lowest BCUT2D eigenvalue weighted by molar-refractivity contribution is -0.140. The topological polar surface area (TPSA) is 61.8 Å². The van der Waals surface area contributed by atoms with Crippen molar-refractivity contribution >= 4 is 17.5 Å². The Morgan fingerprint density at radius 3 is 2.16 bits per heavy atom. The maximum absolute atomic E-state index is 12.3. The molecular weight excluding hydrogens is 386 g/mol. The van der Waals surface area contributed by atoms with E-state index in [4.69, 9.17) is 0 Å². The number of hydrogen-bond donors (Lipinski definition) is 1. The van der Waals surface area contributed by atoms with Crippen LogP contribution in [0, 0.1) is 0 Å². The third-order valence-electron chi connectivity index (χ3n) is 5.90. The van der Waals surface area contributed by atoms with Gasteiger partial charge in [-0.15, -0.1) is 0 Å². The van der Waals surface area contributed by atoms with Gasteiger partial charge in [0.25, 0.3) is 0 Å². The normalized spacial score (nSPS) is 17.1. The van der Waals surface area contributed by atoms with Gasteiger partial charge in [0.15, 0.2) is 0 Å². The number of nitrogens with one attached hydrogen (secondary N) is 1. The van der Waals surface area contributed by atoms with Crippen LogP contribution in [-0.4, -0.2) is 35.1 Å². The number of hydrazine groups is 1. The first-order valence-corrected chi connectivity index (χ1v) is 12.8. The van der Waals surface area contributed by atoms with Crippen molar-refractivity contribution in [3.05, 3.63) is 12.2 Å². The molecule has 31 heavy (non-hydrogen) atoms. The molecule has 0 fully saturated rings. The smallest absolute Gasteiger partial charge is 0.246 e. The van der Waals surface area contributed by atoms with Crippen LogP contribution in [0.25, 0.3) is 0 Å². The zero-order valence-corrected chi connectivity index (χ0v) is 20.5. The van der Waals surface area contributed by atoms with E-state index in [0.29, 0.717) is 19.4 Å². The monoisotopic (exact) mass is 433 g/mol. The quantitative estimate of drug-likeness (QED) is 0.209. The summed E-state index contributed by atoms with van der Waals surface area (Å²) in [6.07, 6.45) is 22.5. The predicted octanol–water partition coefficient (Wildman–Crippen LogP) is 6.53. The van der Waals surface area contributed by atoms with Gasteiger partial charge in [-0.1, -0.05) is 77.4 Å². The number of hydrogen-bond acceptors (Lipinski definition) is 3. The molecule has 0 bridgehead atoms. The second kappa shape index (κ2) is 18.0. The Balaban J connectivity index is 2.00. The van der Waals surface area contributed by atoms with E-state index in [2.05, 4.69) is 36.4 Å². The van der Waals surface area contributed by atoms with Crippen molar-refractivity contribution in [2.45, 2.75) is 130 Å². The van der Waals surface area contributed by atoms with Crippen molar-refractivity contribution in [3.8, 4) is 0 Å². The van der Waals surface area contributed by atoms with Gasteiger partial charge in [-0.25, -0.2) is 0 Å². The van der Waals surface area contributed by atoms with Crippen LogP contribution >= 0.6 is 0 Å². The number of amides is 2. The van der Waals surface area contributed by atoms with Gasteiger partial charge in [-0.05, 0) is 45.4 Å². The van der Waals surface area contributed by atoms with Crippen molar-refractivity contribution < 1.29 is 9.59 Å². The molecule has 1 aliphatic heterocycles. The summed E-state index contributed by atoms with van der Waals surface area (Å²) in [6.45, 7) is 6.68. The van der Waals surface area contributed by atoms with Crippen LogP contribution in [-0.2, 0) is 9.59 Å². The van der Waals surface area contributed by atoms with Crippen LogP contribution in [0.2, 0.25) is 0 Å². The highest BCUT2D eigenvalue weighted by atomic mass is 16.2. The van der Waals surface area contributed by atoms with E-state index in [1.54, 1.807) is 0 Å². The van der Waals surface area contributed by atoms with Gasteiger partial charge in [-0.3, -0.25) is 25.0 Å². The van der Waals surface area contributed by atoms with Gasteiger partial charge in [0.05, 0.1) is 19.0 Å². The Kier molecular flexibility index (Phi) is 15.9. The molecule has 0 radical (unpaired) electrons. The molecule has 1 aliphatic rings. The van der Waals surface area contributed by atoms with Crippen LogP contribution in [0.3, 0.4) is 0 Å². The number of rotatable bonds is 17. The van der Waals surface area contributed by atoms with Crippen LogP contribution in [0.15, 0.2) is 17.1 Å².